The zero-order chi connectivity index (χ0) is 15.2. The van der Waals surface area contributed by atoms with Crippen LogP contribution < -0.4 is 0 Å². The van der Waals surface area contributed by atoms with Crippen LogP contribution in [0.25, 0.3) is 11.1 Å². The highest BCUT2D eigenvalue weighted by Gasteiger charge is 2.19. The van der Waals surface area contributed by atoms with Gasteiger partial charge in [-0.1, -0.05) is 43.9 Å². The smallest absolute Gasteiger partial charge is 0.0575 e. The Balaban J connectivity index is 0.000000196. The second-order valence-corrected chi connectivity index (χ2v) is 7.13. The highest BCUT2D eigenvalue weighted by atomic mass is 16.5. The molecule has 22 heavy (non-hydrogen) atoms. The van der Waals surface area contributed by atoms with Crippen LogP contribution in [0.2, 0.25) is 0 Å². The van der Waals surface area contributed by atoms with Crippen molar-refractivity contribution < 1.29 is 4.74 Å². The minimum absolute atomic E-state index is 0.586. The van der Waals surface area contributed by atoms with E-state index in [9.17, 15) is 0 Å². The molecule has 0 N–H and O–H groups in total. The summed E-state index contributed by atoms with van der Waals surface area (Å²) < 4.78 is 6.01. The Morgan fingerprint density at radius 3 is 2.32 bits per heavy atom. The molecule has 0 aromatic heterocycles. The Labute approximate surface area is 135 Å². The number of hydrogen-bond acceptors (Lipinski definition) is 2. The van der Waals surface area contributed by atoms with Crippen molar-refractivity contribution in [3.8, 4) is 11.1 Å². The van der Waals surface area contributed by atoms with E-state index in [4.69, 9.17) is 4.74 Å². The Hall–Kier alpha value is -0.860. The maximum absolute atomic E-state index is 6.01. The summed E-state index contributed by atoms with van der Waals surface area (Å²) in [5.41, 5.74) is 2.85. The van der Waals surface area contributed by atoms with Crippen molar-refractivity contribution in [1.29, 1.82) is 0 Å². The first kappa shape index (κ1) is 16.0. The number of rotatable bonds is 4. The van der Waals surface area contributed by atoms with Gasteiger partial charge < -0.3 is 9.64 Å². The van der Waals surface area contributed by atoms with Crippen LogP contribution in [0.1, 0.15) is 57.8 Å². The molecule has 1 atom stereocenters. The Morgan fingerprint density at radius 1 is 1.00 bits per heavy atom. The Bertz CT molecular complexity index is 436. The third-order valence-corrected chi connectivity index (χ3v) is 5.39. The van der Waals surface area contributed by atoms with Crippen LogP contribution in [-0.2, 0) is 4.74 Å². The zero-order valence-corrected chi connectivity index (χ0v) is 14.1. The summed E-state index contributed by atoms with van der Waals surface area (Å²) in [5.74, 6) is 0. The molecule has 0 aromatic carbocycles. The van der Waals surface area contributed by atoms with E-state index in [2.05, 4.69) is 36.2 Å². The molecule has 0 spiro atoms. The first-order chi connectivity index (χ1) is 10.8. The fraction of sp³-hybridized carbons (Fsp3) is 0.700. The average Bonchev–Trinajstić information content (AvgIpc) is 3.16. The largest absolute Gasteiger partial charge is 0.378 e. The minimum atomic E-state index is 0.586. The van der Waals surface area contributed by atoms with E-state index in [1.165, 1.54) is 75.5 Å². The number of hydrogen-bond donors (Lipinski definition) is 0. The van der Waals surface area contributed by atoms with Crippen molar-refractivity contribution in [3.05, 3.63) is 24.3 Å². The van der Waals surface area contributed by atoms with Gasteiger partial charge in [0.25, 0.3) is 0 Å². The molecule has 1 aliphatic heterocycles. The molecule has 2 fully saturated rings. The summed E-state index contributed by atoms with van der Waals surface area (Å²) in [6.07, 6.45) is 12.8. The molecule has 3 aliphatic carbocycles. The van der Waals surface area contributed by atoms with Crippen molar-refractivity contribution >= 4 is 0 Å². The van der Waals surface area contributed by atoms with Gasteiger partial charge in [-0.3, -0.25) is 0 Å². The van der Waals surface area contributed by atoms with Crippen LogP contribution in [-0.4, -0.2) is 37.2 Å². The molecule has 0 bridgehead atoms. The van der Waals surface area contributed by atoms with E-state index < -0.39 is 0 Å². The molecule has 1 unspecified atom stereocenters. The van der Waals surface area contributed by atoms with E-state index in [1.54, 1.807) is 0 Å². The number of piperidine rings is 1. The lowest BCUT2D eigenvalue weighted by Gasteiger charge is -2.33. The maximum Gasteiger partial charge on any atom is 0.0575 e. The van der Waals surface area contributed by atoms with Gasteiger partial charge in [0.05, 0.1) is 6.10 Å². The third kappa shape index (κ3) is 4.82. The van der Waals surface area contributed by atoms with Crippen molar-refractivity contribution in [3.63, 3.8) is 0 Å². The van der Waals surface area contributed by atoms with Crippen LogP contribution in [0.15, 0.2) is 24.3 Å². The number of likely N-dealkylation sites (tertiary alicyclic amines) is 1. The van der Waals surface area contributed by atoms with Crippen LogP contribution in [0.4, 0.5) is 0 Å². The van der Waals surface area contributed by atoms with Gasteiger partial charge >= 0.3 is 0 Å². The first-order valence-corrected chi connectivity index (χ1v) is 9.25. The molecule has 2 nitrogen and oxygen atoms in total. The van der Waals surface area contributed by atoms with Gasteiger partial charge in [0.2, 0.25) is 0 Å². The summed E-state index contributed by atoms with van der Waals surface area (Å²) >= 11 is 0. The lowest BCUT2D eigenvalue weighted by molar-refractivity contribution is 0.0139. The van der Waals surface area contributed by atoms with Crippen LogP contribution in [0.5, 0.6) is 0 Å². The summed E-state index contributed by atoms with van der Waals surface area (Å²) in [5, 5.41) is 0. The van der Waals surface area contributed by atoms with Gasteiger partial charge in [-0.25, -0.2) is 0 Å². The topological polar surface area (TPSA) is 12.5 Å². The zero-order valence-electron chi connectivity index (χ0n) is 14.1. The highest BCUT2D eigenvalue weighted by Crippen LogP contribution is 2.32. The number of benzene rings is 1. The SMILES string of the molecule is CN1CCCCC1CCOC1CCCCC1.c1cc2cc-2c1. The lowest BCUT2D eigenvalue weighted by atomic mass is 9.97. The van der Waals surface area contributed by atoms with Gasteiger partial charge in [0.1, 0.15) is 0 Å². The Kier molecular flexibility index (Phi) is 5.91. The summed E-state index contributed by atoms with van der Waals surface area (Å²) in [6, 6.07) is 9.27. The van der Waals surface area contributed by atoms with E-state index in [1.807, 2.05) is 0 Å². The molecule has 1 heterocycles. The van der Waals surface area contributed by atoms with Crippen molar-refractivity contribution in [2.24, 2.45) is 0 Å². The molecule has 4 aliphatic rings. The van der Waals surface area contributed by atoms with Crippen molar-refractivity contribution in [2.45, 2.75) is 69.9 Å². The predicted octanol–water partition coefficient (Wildman–Crippen LogP) is 4.88. The first-order valence-electron chi connectivity index (χ1n) is 9.25. The lowest BCUT2D eigenvalue weighted by Crippen LogP contribution is -2.37. The maximum atomic E-state index is 6.01. The van der Waals surface area contributed by atoms with Gasteiger partial charge in [-0.15, -0.1) is 0 Å². The number of ether oxygens (including phenoxy) is 1. The van der Waals surface area contributed by atoms with Crippen molar-refractivity contribution in [2.75, 3.05) is 20.2 Å². The quantitative estimate of drug-likeness (QED) is 0.798. The Morgan fingerprint density at radius 2 is 1.73 bits per heavy atom. The molecule has 1 saturated heterocycles. The molecule has 0 aromatic rings. The second-order valence-electron chi connectivity index (χ2n) is 7.13. The molecular formula is C20H31NO. The monoisotopic (exact) mass is 301 g/mol. The minimum Gasteiger partial charge on any atom is -0.378 e. The van der Waals surface area contributed by atoms with Gasteiger partial charge in [-0.05, 0) is 62.9 Å². The summed E-state index contributed by atoms with van der Waals surface area (Å²) in [7, 11) is 2.27. The third-order valence-electron chi connectivity index (χ3n) is 5.39. The molecule has 122 valence electrons. The van der Waals surface area contributed by atoms with Gasteiger partial charge in [-0.2, -0.15) is 0 Å². The van der Waals surface area contributed by atoms with E-state index >= 15 is 0 Å². The van der Waals surface area contributed by atoms with Gasteiger partial charge in [0, 0.05) is 12.6 Å². The molecule has 4 rings (SSSR count). The highest BCUT2D eigenvalue weighted by molar-refractivity contribution is 5.80. The fourth-order valence-electron chi connectivity index (χ4n) is 3.79. The van der Waals surface area contributed by atoms with E-state index in [0.717, 1.165) is 12.6 Å². The second kappa shape index (κ2) is 8.12. The van der Waals surface area contributed by atoms with Gasteiger partial charge in [0.15, 0.2) is 0 Å². The standard InChI is InChI=1S/C14H27NO.C6H4/c1-15-11-6-5-7-13(15)10-12-16-14-8-3-2-4-9-14;1-2-5-4-6(5)3-1/h13-14H,2-12H2,1H3;1-4H. The number of fused-ring (bicyclic) bond motifs is 1. The molecule has 2 heteroatoms. The summed E-state index contributed by atoms with van der Waals surface area (Å²) in [4.78, 5) is 2.52. The van der Waals surface area contributed by atoms with Crippen molar-refractivity contribution in [1.82, 2.24) is 4.90 Å². The summed E-state index contributed by atoms with van der Waals surface area (Å²) in [6.45, 7) is 2.27. The van der Waals surface area contributed by atoms with Crippen LogP contribution in [0.3, 0.4) is 0 Å². The van der Waals surface area contributed by atoms with Crippen LogP contribution in [0, 0.1) is 0 Å². The van der Waals surface area contributed by atoms with Crippen LogP contribution >= 0.6 is 0 Å². The molecule has 1 saturated carbocycles. The van der Waals surface area contributed by atoms with E-state index in [-0.39, 0.29) is 0 Å². The fourth-order valence-corrected chi connectivity index (χ4v) is 3.79. The van der Waals surface area contributed by atoms with E-state index in [0.29, 0.717) is 6.10 Å². The number of nitrogens with zero attached hydrogens (tertiary/aromatic N) is 1. The average molecular weight is 301 g/mol. The molecule has 0 amide bonds. The normalized spacial score (nSPS) is 24.5. The predicted molar refractivity (Wildman–Crippen MR) is 93.1 cm³/mol. The molecular weight excluding hydrogens is 270 g/mol. The molecule has 0 radical (unpaired) electrons.